The minimum Gasteiger partial charge on any atom is -0.369 e. The Hall–Kier alpha value is -1.86. The summed E-state index contributed by atoms with van der Waals surface area (Å²) in [6.45, 7) is 2.41. The molecule has 2 rings (SSSR count). The summed E-state index contributed by atoms with van der Waals surface area (Å²) < 4.78 is 0. The molecule has 1 heterocycles. The molecule has 1 fully saturated rings. The van der Waals surface area contributed by atoms with E-state index in [1.54, 1.807) is 7.05 Å². The quantitative estimate of drug-likeness (QED) is 0.506. The van der Waals surface area contributed by atoms with Crippen LogP contribution in [0.2, 0.25) is 5.02 Å². The van der Waals surface area contributed by atoms with Crippen LogP contribution >= 0.6 is 11.6 Å². The molecule has 0 saturated carbocycles. The zero-order chi connectivity index (χ0) is 14.4. The lowest BCUT2D eigenvalue weighted by molar-refractivity contribution is 0.655. The standard InChI is InChI=1S/C15H19ClN4/c1-3-8-18-15(17-2)19-13-7-9-20(11-13)14-6-4-5-12(16)10-14/h1,4-6,10,13H,7-9,11H2,2H3,(H2,17,18,19). The van der Waals surface area contributed by atoms with Crippen molar-refractivity contribution in [2.45, 2.75) is 12.5 Å². The summed E-state index contributed by atoms with van der Waals surface area (Å²) in [7, 11) is 1.75. The molecule has 5 heteroatoms. The Kier molecular flexibility index (Phi) is 5.14. The molecule has 0 amide bonds. The maximum Gasteiger partial charge on any atom is 0.192 e. The third kappa shape index (κ3) is 3.82. The molecule has 1 atom stereocenters. The van der Waals surface area contributed by atoms with Gasteiger partial charge in [0.2, 0.25) is 0 Å². The first-order chi connectivity index (χ1) is 9.72. The first kappa shape index (κ1) is 14.5. The van der Waals surface area contributed by atoms with Gasteiger partial charge in [-0.05, 0) is 24.6 Å². The lowest BCUT2D eigenvalue weighted by Gasteiger charge is -2.20. The molecule has 4 nitrogen and oxygen atoms in total. The first-order valence-corrected chi connectivity index (χ1v) is 7.02. The molecule has 0 aliphatic carbocycles. The predicted octanol–water partition coefficient (Wildman–Crippen LogP) is 1.72. The van der Waals surface area contributed by atoms with Crippen molar-refractivity contribution in [1.29, 1.82) is 0 Å². The van der Waals surface area contributed by atoms with Crippen LogP contribution in [0, 0.1) is 12.3 Å². The van der Waals surface area contributed by atoms with E-state index in [1.807, 2.05) is 18.2 Å². The van der Waals surface area contributed by atoms with Gasteiger partial charge in [0.15, 0.2) is 5.96 Å². The van der Waals surface area contributed by atoms with Crippen molar-refractivity contribution < 1.29 is 0 Å². The van der Waals surface area contributed by atoms with Crippen LogP contribution in [0.1, 0.15) is 6.42 Å². The van der Waals surface area contributed by atoms with Crippen molar-refractivity contribution in [3.63, 3.8) is 0 Å². The van der Waals surface area contributed by atoms with Gasteiger partial charge >= 0.3 is 0 Å². The summed E-state index contributed by atoms with van der Waals surface area (Å²) in [4.78, 5) is 6.48. The van der Waals surface area contributed by atoms with Crippen molar-refractivity contribution in [3.05, 3.63) is 29.3 Å². The fraction of sp³-hybridized carbons (Fsp3) is 0.400. The van der Waals surface area contributed by atoms with E-state index in [1.165, 1.54) is 0 Å². The Labute approximate surface area is 125 Å². The number of rotatable bonds is 3. The number of nitrogens with one attached hydrogen (secondary N) is 2. The summed E-state index contributed by atoms with van der Waals surface area (Å²) in [6, 6.07) is 8.31. The molecule has 0 bridgehead atoms. The summed E-state index contributed by atoms with van der Waals surface area (Å²) in [5.41, 5.74) is 1.16. The van der Waals surface area contributed by atoms with E-state index in [-0.39, 0.29) is 0 Å². The fourth-order valence-electron chi connectivity index (χ4n) is 2.31. The lowest BCUT2D eigenvalue weighted by Crippen LogP contribution is -2.44. The number of terminal acetylenes is 1. The second kappa shape index (κ2) is 7.06. The van der Waals surface area contributed by atoms with Gasteiger partial charge < -0.3 is 15.5 Å². The van der Waals surface area contributed by atoms with Crippen molar-refractivity contribution in [2.24, 2.45) is 4.99 Å². The Bertz CT molecular complexity index is 521. The fourth-order valence-corrected chi connectivity index (χ4v) is 2.49. The molecule has 1 saturated heterocycles. The van der Waals surface area contributed by atoms with Crippen molar-refractivity contribution in [2.75, 3.05) is 31.6 Å². The van der Waals surface area contributed by atoms with Crippen LogP contribution in [0.15, 0.2) is 29.3 Å². The molecular formula is C15H19ClN4. The predicted molar refractivity (Wildman–Crippen MR) is 85.4 cm³/mol. The molecule has 1 aliphatic rings. The number of hydrogen-bond donors (Lipinski definition) is 2. The Morgan fingerprint density at radius 2 is 2.45 bits per heavy atom. The highest BCUT2D eigenvalue weighted by Gasteiger charge is 2.23. The monoisotopic (exact) mass is 290 g/mol. The van der Waals surface area contributed by atoms with E-state index < -0.39 is 0 Å². The smallest absolute Gasteiger partial charge is 0.192 e. The van der Waals surface area contributed by atoms with E-state index in [9.17, 15) is 0 Å². The van der Waals surface area contributed by atoms with Crippen molar-refractivity contribution in [3.8, 4) is 12.3 Å². The minimum absolute atomic E-state index is 0.359. The number of benzene rings is 1. The van der Waals surface area contributed by atoms with E-state index in [0.29, 0.717) is 12.6 Å². The molecule has 1 unspecified atom stereocenters. The third-order valence-corrected chi connectivity index (χ3v) is 3.52. The summed E-state index contributed by atoms with van der Waals surface area (Å²) >= 11 is 6.03. The Morgan fingerprint density at radius 1 is 1.60 bits per heavy atom. The van der Waals surface area contributed by atoms with E-state index in [0.717, 1.165) is 36.2 Å². The van der Waals surface area contributed by atoms with Crippen LogP contribution in [-0.4, -0.2) is 38.7 Å². The number of halogens is 1. The van der Waals surface area contributed by atoms with Gasteiger partial charge in [0.05, 0.1) is 6.54 Å². The number of hydrogen-bond acceptors (Lipinski definition) is 2. The number of nitrogens with zero attached hydrogens (tertiary/aromatic N) is 2. The number of aliphatic imine (C=N–C) groups is 1. The van der Waals surface area contributed by atoms with Crippen molar-refractivity contribution in [1.82, 2.24) is 10.6 Å². The molecule has 20 heavy (non-hydrogen) atoms. The zero-order valence-electron chi connectivity index (χ0n) is 11.6. The minimum atomic E-state index is 0.359. The van der Waals surface area contributed by atoms with E-state index in [4.69, 9.17) is 18.0 Å². The van der Waals surface area contributed by atoms with Gasteiger partial charge in [0, 0.05) is 36.9 Å². The van der Waals surface area contributed by atoms with E-state index in [2.05, 4.69) is 32.5 Å². The van der Waals surface area contributed by atoms with Gasteiger partial charge in [-0.3, -0.25) is 4.99 Å². The number of anilines is 1. The van der Waals surface area contributed by atoms with Gasteiger partial charge in [-0.25, -0.2) is 0 Å². The van der Waals surface area contributed by atoms with Crippen LogP contribution in [0.3, 0.4) is 0 Å². The maximum absolute atomic E-state index is 6.03. The van der Waals surface area contributed by atoms with Crippen LogP contribution < -0.4 is 15.5 Å². The summed E-state index contributed by atoms with van der Waals surface area (Å²) in [6.07, 6.45) is 6.29. The van der Waals surface area contributed by atoms with Crippen LogP contribution in [0.25, 0.3) is 0 Å². The van der Waals surface area contributed by atoms with Gasteiger partial charge in [-0.1, -0.05) is 23.6 Å². The topological polar surface area (TPSA) is 39.7 Å². The zero-order valence-corrected chi connectivity index (χ0v) is 12.3. The van der Waals surface area contributed by atoms with Crippen LogP contribution in [0.5, 0.6) is 0 Å². The molecule has 1 aromatic rings. The largest absolute Gasteiger partial charge is 0.369 e. The second-order valence-corrected chi connectivity index (χ2v) is 5.12. The van der Waals surface area contributed by atoms with E-state index >= 15 is 0 Å². The molecule has 0 spiro atoms. The molecule has 2 N–H and O–H groups in total. The highest BCUT2D eigenvalue weighted by atomic mass is 35.5. The molecule has 1 aliphatic heterocycles. The van der Waals surface area contributed by atoms with Crippen molar-refractivity contribution >= 4 is 23.2 Å². The molecule has 0 radical (unpaired) electrons. The van der Waals surface area contributed by atoms with Gasteiger partial charge in [0.1, 0.15) is 0 Å². The SMILES string of the molecule is C#CCNC(=NC)NC1CCN(c2cccc(Cl)c2)C1. The number of guanidine groups is 1. The lowest BCUT2D eigenvalue weighted by atomic mass is 10.3. The average Bonchev–Trinajstić information content (AvgIpc) is 2.92. The van der Waals surface area contributed by atoms with Gasteiger partial charge in [0.25, 0.3) is 0 Å². The maximum atomic E-state index is 6.03. The van der Waals surface area contributed by atoms with Gasteiger partial charge in [-0.2, -0.15) is 0 Å². The molecular weight excluding hydrogens is 272 g/mol. The van der Waals surface area contributed by atoms with Gasteiger partial charge in [-0.15, -0.1) is 6.42 Å². The second-order valence-electron chi connectivity index (χ2n) is 4.69. The highest BCUT2D eigenvalue weighted by Crippen LogP contribution is 2.23. The highest BCUT2D eigenvalue weighted by molar-refractivity contribution is 6.30. The molecule has 106 valence electrons. The summed E-state index contributed by atoms with van der Waals surface area (Å²) in [5.74, 6) is 3.29. The van der Waals surface area contributed by atoms with Crippen LogP contribution in [0.4, 0.5) is 5.69 Å². The Morgan fingerprint density at radius 3 is 3.15 bits per heavy atom. The first-order valence-electron chi connectivity index (χ1n) is 6.64. The van der Waals surface area contributed by atoms with Crippen LogP contribution in [-0.2, 0) is 0 Å². The summed E-state index contributed by atoms with van der Waals surface area (Å²) in [5, 5.41) is 7.23. The Balaban J connectivity index is 1.91. The molecule has 0 aromatic heterocycles. The third-order valence-electron chi connectivity index (χ3n) is 3.28. The molecule has 1 aromatic carbocycles. The average molecular weight is 291 g/mol. The normalized spacial score (nSPS) is 18.8.